The summed E-state index contributed by atoms with van der Waals surface area (Å²) >= 11 is 0. The number of quaternary nitrogens is 1. The van der Waals surface area contributed by atoms with E-state index in [2.05, 4.69) is 43.5 Å². The molecule has 0 radical (unpaired) electrons. The van der Waals surface area contributed by atoms with Gasteiger partial charge in [-0.15, -0.1) is 0 Å². The topological polar surface area (TPSA) is 105 Å². The molecule has 312 valence electrons. The Bertz CT molecular complexity index is 964. The van der Waals surface area contributed by atoms with Crippen molar-refractivity contribution >= 4 is 13.7 Å². The molecule has 53 heavy (non-hydrogen) atoms. The van der Waals surface area contributed by atoms with Gasteiger partial charge in [-0.1, -0.05) is 159 Å². The zero-order chi connectivity index (χ0) is 39.3. The van der Waals surface area contributed by atoms with Gasteiger partial charge in [0.25, 0.3) is 0 Å². The third-order valence-electron chi connectivity index (χ3n) is 9.58. The van der Waals surface area contributed by atoms with Crippen molar-refractivity contribution in [2.45, 2.75) is 199 Å². The van der Waals surface area contributed by atoms with Gasteiger partial charge < -0.3 is 19.8 Å². The molecule has 0 aliphatic rings. The lowest BCUT2D eigenvalue weighted by Crippen LogP contribution is -2.45. The number of hydrogen-bond donors (Lipinski definition) is 3. The van der Waals surface area contributed by atoms with Crippen LogP contribution in [0.3, 0.4) is 0 Å². The molecule has 8 nitrogen and oxygen atoms in total. The van der Waals surface area contributed by atoms with Crippen LogP contribution in [0.1, 0.15) is 187 Å². The molecule has 9 heteroatoms. The quantitative estimate of drug-likeness (QED) is 0.0249. The van der Waals surface area contributed by atoms with Crippen LogP contribution in [0.5, 0.6) is 0 Å². The summed E-state index contributed by atoms with van der Waals surface area (Å²) in [5, 5.41) is 13.8. The van der Waals surface area contributed by atoms with E-state index in [1.807, 2.05) is 27.2 Å². The molecule has 0 aliphatic heterocycles. The summed E-state index contributed by atoms with van der Waals surface area (Å²) in [4.78, 5) is 23.1. The molecule has 0 aromatic heterocycles. The molecule has 0 aromatic carbocycles. The molecule has 0 heterocycles. The van der Waals surface area contributed by atoms with Gasteiger partial charge in [-0.2, -0.15) is 0 Å². The standard InChI is InChI=1S/C44H85N2O6P/c1-6-8-10-12-14-16-18-20-21-22-23-24-25-26-28-30-32-34-36-38-44(48)45-42(41-52-53(49,50)51-40-39-46(3,4)5)43(47)37-35-33-31-29-27-19-17-15-13-11-9-7-2/h22-23,27,29,35,37,42-43,47H,6-21,24-26,28,30-34,36,38-41H2,1-5H3,(H-,45,48,49,50)/p+1/b23-22-,29-27+,37-35+. The Morgan fingerprint density at radius 3 is 1.51 bits per heavy atom. The van der Waals surface area contributed by atoms with Crippen LogP contribution in [-0.4, -0.2) is 73.4 Å². The van der Waals surface area contributed by atoms with E-state index in [-0.39, 0.29) is 19.1 Å². The van der Waals surface area contributed by atoms with Crippen LogP contribution in [0, 0.1) is 0 Å². The van der Waals surface area contributed by atoms with E-state index in [1.165, 1.54) is 128 Å². The number of nitrogens with one attached hydrogen (secondary N) is 1. The summed E-state index contributed by atoms with van der Waals surface area (Å²) in [6.07, 6.45) is 43.6. The van der Waals surface area contributed by atoms with Gasteiger partial charge in [-0.05, 0) is 57.8 Å². The van der Waals surface area contributed by atoms with Crippen LogP contribution in [0.4, 0.5) is 0 Å². The number of carbonyl (C=O) groups is 1. The highest BCUT2D eigenvalue weighted by Gasteiger charge is 2.27. The van der Waals surface area contributed by atoms with Crippen molar-refractivity contribution in [2.75, 3.05) is 40.9 Å². The third kappa shape index (κ3) is 38.8. The minimum Gasteiger partial charge on any atom is -0.387 e. The van der Waals surface area contributed by atoms with Crippen molar-refractivity contribution in [2.24, 2.45) is 0 Å². The van der Waals surface area contributed by atoms with E-state index in [9.17, 15) is 19.4 Å². The first-order valence-corrected chi connectivity index (χ1v) is 23.4. The van der Waals surface area contributed by atoms with Gasteiger partial charge in [-0.25, -0.2) is 4.57 Å². The van der Waals surface area contributed by atoms with Gasteiger partial charge >= 0.3 is 7.82 Å². The molecule has 0 bridgehead atoms. The molecule has 0 spiro atoms. The number of hydrogen-bond acceptors (Lipinski definition) is 5. The number of unbranched alkanes of at least 4 members (excludes halogenated alkanes) is 22. The van der Waals surface area contributed by atoms with Crippen molar-refractivity contribution in [3.05, 3.63) is 36.5 Å². The van der Waals surface area contributed by atoms with Gasteiger partial charge in [0.05, 0.1) is 39.9 Å². The monoisotopic (exact) mass is 770 g/mol. The van der Waals surface area contributed by atoms with Crippen molar-refractivity contribution in [1.29, 1.82) is 0 Å². The lowest BCUT2D eigenvalue weighted by molar-refractivity contribution is -0.870. The van der Waals surface area contributed by atoms with Gasteiger partial charge in [0.15, 0.2) is 0 Å². The van der Waals surface area contributed by atoms with Crippen LogP contribution < -0.4 is 5.32 Å². The molecule has 3 N–H and O–H groups in total. The molecule has 0 rings (SSSR count). The number of nitrogens with zero attached hydrogens (tertiary/aromatic N) is 1. The van der Waals surface area contributed by atoms with E-state index in [0.29, 0.717) is 17.4 Å². The average molecular weight is 770 g/mol. The summed E-state index contributed by atoms with van der Waals surface area (Å²) < 4.78 is 23.5. The number of phosphoric acid groups is 1. The zero-order valence-electron chi connectivity index (χ0n) is 35.3. The first-order valence-electron chi connectivity index (χ1n) is 21.9. The first-order chi connectivity index (χ1) is 25.5. The fourth-order valence-electron chi connectivity index (χ4n) is 6.05. The SMILES string of the molecule is CCCCCCCC/C=C/CC/C=C/C(O)C(COP(=O)(O)OCC[N+](C)(C)C)NC(=O)CCCCCCCCC/C=C\CCCCCCCCCC. The van der Waals surface area contributed by atoms with Crippen LogP contribution in [0.15, 0.2) is 36.5 Å². The second-order valence-electron chi connectivity index (χ2n) is 16.1. The van der Waals surface area contributed by atoms with Crippen LogP contribution >= 0.6 is 7.82 Å². The highest BCUT2D eigenvalue weighted by atomic mass is 31.2. The maximum Gasteiger partial charge on any atom is 0.472 e. The van der Waals surface area contributed by atoms with Crippen LogP contribution in [-0.2, 0) is 18.4 Å². The number of aliphatic hydroxyl groups is 1. The lowest BCUT2D eigenvalue weighted by Gasteiger charge is -2.25. The zero-order valence-corrected chi connectivity index (χ0v) is 36.1. The Labute approximate surface area is 327 Å². The number of phosphoric ester groups is 1. The smallest absolute Gasteiger partial charge is 0.387 e. The summed E-state index contributed by atoms with van der Waals surface area (Å²) in [7, 11) is 1.55. The highest BCUT2D eigenvalue weighted by molar-refractivity contribution is 7.47. The maximum absolute atomic E-state index is 12.8. The Kier molecular flexibility index (Phi) is 35.5. The van der Waals surface area contributed by atoms with E-state index in [0.717, 1.165) is 38.5 Å². The second-order valence-corrected chi connectivity index (χ2v) is 17.5. The van der Waals surface area contributed by atoms with E-state index in [4.69, 9.17) is 9.05 Å². The highest BCUT2D eigenvalue weighted by Crippen LogP contribution is 2.43. The number of likely N-dealkylation sites (N-methyl/N-ethyl adjacent to an activating group) is 1. The molecular weight excluding hydrogens is 683 g/mol. The molecule has 3 unspecified atom stereocenters. The molecule has 0 aromatic rings. The minimum atomic E-state index is -4.34. The Morgan fingerprint density at radius 2 is 1.04 bits per heavy atom. The fourth-order valence-corrected chi connectivity index (χ4v) is 6.79. The number of amides is 1. The molecule has 1 amide bonds. The first kappa shape index (κ1) is 51.7. The summed E-state index contributed by atoms with van der Waals surface area (Å²) in [5.41, 5.74) is 0. The molecule has 0 saturated heterocycles. The number of aliphatic hydroxyl groups excluding tert-OH is 1. The van der Waals surface area contributed by atoms with E-state index < -0.39 is 20.0 Å². The van der Waals surface area contributed by atoms with Crippen molar-refractivity contribution in [3.8, 4) is 0 Å². The largest absolute Gasteiger partial charge is 0.472 e. The van der Waals surface area contributed by atoms with Gasteiger partial charge in [0, 0.05) is 6.42 Å². The third-order valence-corrected chi connectivity index (χ3v) is 10.6. The van der Waals surface area contributed by atoms with Crippen molar-refractivity contribution in [1.82, 2.24) is 5.32 Å². The van der Waals surface area contributed by atoms with Gasteiger partial charge in [-0.3, -0.25) is 13.8 Å². The molecule has 0 aliphatic carbocycles. The Balaban J connectivity index is 4.42. The van der Waals surface area contributed by atoms with Gasteiger partial charge in [0.2, 0.25) is 5.91 Å². The molecular formula is C44H86N2O6P+. The molecule has 0 saturated carbocycles. The van der Waals surface area contributed by atoms with Crippen molar-refractivity contribution in [3.63, 3.8) is 0 Å². The average Bonchev–Trinajstić information content (AvgIpc) is 3.10. The predicted octanol–water partition coefficient (Wildman–Crippen LogP) is 11.9. The summed E-state index contributed by atoms with van der Waals surface area (Å²) in [5.74, 6) is -0.193. The van der Waals surface area contributed by atoms with Crippen molar-refractivity contribution < 1.29 is 32.9 Å². The van der Waals surface area contributed by atoms with E-state index >= 15 is 0 Å². The van der Waals surface area contributed by atoms with E-state index in [1.54, 1.807) is 6.08 Å². The Hall–Kier alpha value is -1.28. The summed E-state index contributed by atoms with van der Waals surface area (Å²) in [6.45, 7) is 4.76. The maximum atomic E-state index is 12.8. The Morgan fingerprint density at radius 1 is 0.623 bits per heavy atom. The minimum absolute atomic E-state index is 0.0551. The normalized spacial score (nSPS) is 14.8. The second kappa shape index (κ2) is 36.4. The predicted molar refractivity (Wildman–Crippen MR) is 226 cm³/mol. The van der Waals surface area contributed by atoms with Gasteiger partial charge in [0.1, 0.15) is 13.2 Å². The number of carbonyl (C=O) groups excluding carboxylic acids is 1. The van der Waals surface area contributed by atoms with Crippen LogP contribution in [0.25, 0.3) is 0 Å². The molecule has 0 fully saturated rings. The number of allylic oxidation sites excluding steroid dienone is 5. The van der Waals surface area contributed by atoms with Crippen LogP contribution in [0.2, 0.25) is 0 Å². The lowest BCUT2D eigenvalue weighted by atomic mass is 10.1. The fraction of sp³-hybridized carbons (Fsp3) is 0.841. The number of rotatable bonds is 39. The summed E-state index contributed by atoms with van der Waals surface area (Å²) in [6, 6.07) is -0.862. The molecule has 3 atom stereocenters.